The molecule has 0 spiro atoms. The molecule has 0 radical (unpaired) electrons. The van der Waals surface area contributed by atoms with Gasteiger partial charge in [-0.15, -0.1) is 0 Å². The molecule has 0 aliphatic heterocycles. The number of hydrogen-bond acceptors (Lipinski definition) is 1. The zero-order chi connectivity index (χ0) is 8.20. The van der Waals surface area contributed by atoms with Crippen LogP contribution in [0.4, 0.5) is 4.39 Å². The second-order valence-electron chi connectivity index (χ2n) is 2.61. The molecule has 2 nitrogen and oxygen atoms in total. The molecule has 0 rings (SSSR count). The molecule has 0 unspecified atom stereocenters. The van der Waals surface area contributed by atoms with Crippen LogP contribution in [0.15, 0.2) is 0 Å². The zero-order valence-corrected chi connectivity index (χ0v) is 6.35. The first-order chi connectivity index (χ1) is 4.50. The quantitative estimate of drug-likeness (QED) is 0.662. The number of carbonyl (C=O) groups is 1. The predicted octanol–water partition coefficient (Wildman–Crippen LogP) is 1.99. The lowest BCUT2D eigenvalue weighted by atomic mass is 10.0. The molecule has 0 fully saturated rings. The smallest absolute Gasteiger partial charge is 0.341 e. The van der Waals surface area contributed by atoms with Crippen molar-refractivity contribution in [3.05, 3.63) is 0 Å². The highest BCUT2D eigenvalue weighted by atomic mass is 19.1. The molecule has 1 atom stereocenters. The summed E-state index contributed by atoms with van der Waals surface area (Å²) in [6.45, 7) is 3.00. The molecule has 0 saturated carbocycles. The number of carboxylic acid groups (broad SMARTS) is 1. The standard InChI is InChI=1S/C7H13FO2/c1-3-4-5-7(2,8)6(9)10/h3-5H2,1-2H3,(H,9,10)/t7-/m1/s1. The summed E-state index contributed by atoms with van der Waals surface area (Å²) in [6, 6.07) is 0. The molecule has 3 heteroatoms. The van der Waals surface area contributed by atoms with Gasteiger partial charge in [-0.3, -0.25) is 0 Å². The van der Waals surface area contributed by atoms with E-state index in [1.807, 2.05) is 6.92 Å². The van der Waals surface area contributed by atoms with Crippen LogP contribution >= 0.6 is 0 Å². The average molecular weight is 148 g/mol. The summed E-state index contributed by atoms with van der Waals surface area (Å²) in [7, 11) is 0. The summed E-state index contributed by atoms with van der Waals surface area (Å²) in [5, 5.41) is 8.29. The Labute approximate surface area is 60.1 Å². The van der Waals surface area contributed by atoms with E-state index in [2.05, 4.69) is 0 Å². The highest BCUT2D eigenvalue weighted by Gasteiger charge is 2.31. The maximum Gasteiger partial charge on any atom is 0.341 e. The fourth-order valence-electron chi connectivity index (χ4n) is 0.616. The number of unbranched alkanes of at least 4 members (excludes halogenated alkanes) is 1. The van der Waals surface area contributed by atoms with Gasteiger partial charge in [-0.1, -0.05) is 13.3 Å². The lowest BCUT2D eigenvalue weighted by Crippen LogP contribution is -2.29. The van der Waals surface area contributed by atoms with Gasteiger partial charge in [0.25, 0.3) is 0 Å². The van der Waals surface area contributed by atoms with E-state index in [1.165, 1.54) is 0 Å². The van der Waals surface area contributed by atoms with Gasteiger partial charge in [0, 0.05) is 0 Å². The van der Waals surface area contributed by atoms with E-state index in [0.717, 1.165) is 13.3 Å². The normalized spacial score (nSPS) is 16.3. The van der Waals surface area contributed by atoms with Crippen LogP contribution in [0.3, 0.4) is 0 Å². The van der Waals surface area contributed by atoms with Crippen molar-refractivity contribution in [2.75, 3.05) is 0 Å². The van der Waals surface area contributed by atoms with Gasteiger partial charge in [0.15, 0.2) is 0 Å². The van der Waals surface area contributed by atoms with Crippen LogP contribution in [-0.4, -0.2) is 16.7 Å². The Morgan fingerprint density at radius 3 is 2.50 bits per heavy atom. The molecule has 0 amide bonds. The van der Waals surface area contributed by atoms with Crippen molar-refractivity contribution >= 4 is 5.97 Å². The summed E-state index contributed by atoms with van der Waals surface area (Å²) < 4.78 is 12.8. The van der Waals surface area contributed by atoms with E-state index in [4.69, 9.17) is 5.11 Å². The maximum absolute atomic E-state index is 12.8. The molecule has 0 aromatic rings. The Hall–Kier alpha value is -0.600. The monoisotopic (exact) mass is 148 g/mol. The van der Waals surface area contributed by atoms with Gasteiger partial charge >= 0.3 is 5.97 Å². The number of hydrogen-bond donors (Lipinski definition) is 1. The van der Waals surface area contributed by atoms with Gasteiger partial charge in [-0.2, -0.15) is 0 Å². The summed E-state index contributed by atoms with van der Waals surface area (Å²) in [5.41, 5.74) is -2.03. The molecular formula is C7H13FO2. The number of halogens is 1. The number of rotatable bonds is 4. The van der Waals surface area contributed by atoms with E-state index >= 15 is 0 Å². The molecule has 60 valence electrons. The first-order valence-corrected chi connectivity index (χ1v) is 3.43. The van der Waals surface area contributed by atoms with Crippen molar-refractivity contribution in [2.24, 2.45) is 0 Å². The molecule has 10 heavy (non-hydrogen) atoms. The minimum Gasteiger partial charge on any atom is -0.479 e. The van der Waals surface area contributed by atoms with Gasteiger partial charge in [0.2, 0.25) is 5.67 Å². The highest BCUT2D eigenvalue weighted by molar-refractivity contribution is 5.76. The van der Waals surface area contributed by atoms with Crippen molar-refractivity contribution in [3.63, 3.8) is 0 Å². The van der Waals surface area contributed by atoms with Crippen molar-refractivity contribution < 1.29 is 14.3 Å². The third kappa shape index (κ3) is 2.80. The largest absolute Gasteiger partial charge is 0.479 e. The second-order valence-corrected chi connectivity index (χ2v) is 2.61. The molecule has 1 N–H and O–H groups in total. The molecular weight excluding hydrogens is 135 g/mol. The Morgan fingerprint density at radius 1 is 1.70 bits per heavy atom. The van der Waals surface area contributed by atoms with Gasteiger partial charge in [-0.25, -0.2) is 9.18 Å². The van der Waals surface area contributed by atoms with Gasteiger partial charge in [0.1, 0.15) is 0 Å². The van der Waals surface area contributed by atoms with Crippen LogP contribution < -0.4 is 0 Å². The summed E-state index contributed by atoms with van der Waals surface area (Å²) >= 11 is 0. The Balaban J connectivity index is 3.75. The van der Waals surface area contributed by atoms with Crippen LogP contribution in [0.5, 0.6) is 0 Å². The predicted molar refractivity (Wildman–Crippen MR) is 36.7 cm³/mol. The topological polar surface area (TPSA) is 37.3 Å². The minimum atomic E-state index is -2.03. The second kappa shape index (κ2) is 3.54. The first-order valence-electron chi connectivity index (χ1n) is 3.43. The van der Waals surface area contributed by atoms with Crippen LogP contribution in [0, 0.1) is 0 Å². The lowest BCUT2D eigenvalue weighted by Gasteiger charge is -2.13. The summed E-state index contributed by atoms with van der Waals surface area (Å²) in [5.74, 6) is -1.36. The lowest BCUT2D eigenvalue weighted by molar-refractivity contribution is -0.150. The zero-order valence-electron chi connectivity index (χ0n) is 6.35. The molecule has 0 aromatic carbocycles. The van der Waals surface area contributed by atoms with E-state index in [9.17, 15) is 9.18 Å². The molecule has 0 aliphatic carbocycles. The van der Waals surface area contributed by atoms with Crippen molar-refractivity contribution in [2.45, 2.75) is 38.8 Å². The molecule has 0 aliphatic rings. The van der Waals surface area contributed by atoms with E-state index in [1.54, 1.807) is 0 Å². The number of alkyl halides is 1. The van der Waals surface area contributed by atoms with E-state index < -0.39 is 11.6 Å². The van der Waals surface area contributed by atoms with Gasteiger partial charge in [-0.05, 0) is 19.8 Å². The molecule has 0 heterocycles. The minimum absolute atomic E-state index is 0.110. The van der Waals surface area contributed by atoms with Crippen LogP contribution in [0.2, 0.25) is 0 Å². The summed E-state index contributed by atoms with van der Waals surface area (Å²) in [6.07, 6.45) is 1.56. The number of aliphatic carboxylic acids is 1. The van der Waals surface area contributed by atoms with Crippen molar-refractivity contribution in [1.29, 1.82) is 0 Å². The van der Waals surface area contributed by atoms with Crippen molar-refractivity contribution in [1.82, 2.24) is 0 Å². The Bertz CT molecular complexity index is 121. The SMILES string of the molecule is CCCC[C@@](C)(F)C(=O)O. The third-order valence-electron chi connectivity index (χ3n) is 1.45. The maximum atomic E-state index is 12.8. The molecule has 0 aromatic heterocycles. The molecule has 0 saturated heterocycles. The van der Waals surface area contributed by atoms with Crippen LogP contribution in [0.25, 0.3) is 0 Å². The average Bonchev–Trinajstić information content (AvgIpc) is 1.84. The fraction of sp³-hybridized carbons (Fsp3) is 0.857. The van der Waals surface area contributed by atoms with E-state index in [-0.39, 0.29) is 6.42 Å². The molecule has 0 bridgehead atoms. The van der Waals surface area contributed by atoms with Gasteiger partial charge in [0.05, 0.1) is 0 Å². The Morgan fingerprint density at radius 2 is 2.20 bits per heavy atom. The fourth-order valence-corrected chi connectivity index (χ4v) is 0.616. The first kappa shape index (κ1) is 9.40. The van der Waals surface area contributed by atoms with Crippen LogP contribution in [-0.2, 0) is 4.79 Å². The van der Waals surface area contributed by atoms with Gasteiger partial charge < -0.3 is 5.11 Å². The van der Waals surface area contributed by atoms with E-state index in [0.29, 0.717) is 6.42 Å². The summed E-state index contributed by atoms with van der Waals surface area (Å²) in [4.78, 5) is 10.2. The highest BCUT2D eigenvalue weighted by Crippen LogP contribution is 2.18. The third-order valence-corrected chi connectivity index (χ3v) is 1.45. The Kier molecular flexibility index (Phi) is 3.33. The van der Waals surface area contributed by atoms with Crippen molar-refractivity contribution in [3.8, 4) is 0 Å². The number of carboxylic acids is 1. The van der Waals surface area contributed by atoms with Crippen LogP contribution in [0.1, 0.15) is 33.1 Å².